The molecule has 2 N–H and O–H groups in total. The molecular weight excluding hydrogens is 451 g/mol. The normalized spacial score (nSPS) is 21.7. The lowest BCUT2D eigenvalue weighted by Gasteiger charge is -2.38. The molecule has 2 aliphatic heterocycles. The number of rotatable bonds is 6. The number of likely N-dealkylation sites (tertiary alicyclic amines) is 1. The first kappa shape index (κ1) is 23.9. The van der Waals surface area contributed by atoms with Crippen LogP contribution in [0.3, 0.4) is 0 Å². The summed E-state index contributed by atoms with van der Waals surface area (Å²) in [5, 5.41) is 5.45. The third kappa shape index (κ3) is 5.11. The molecule has 7 nitrogen and oxygen atoms in total. The minimum absolute atomic E-state index is 0.152. The maximum absolute atomic E-state index is 13.0. The van der Waals surface area contributed by atoms with Gasteiger partial charge in [0.15, 0.2) is 0 Å². The lowest BCUT2D eigenvalue weighted by molar-refractivity contribution is -0.139. The van der Waals surface area contributed by atoms with E-state index >= 15 is 0 Å². The number of hydrogen-bond donors (Lipinski definition) is 2. The van der Waals surface area contributed by atoms with E-state index in [1.165, 1.54) is 18.4 Å². The number of halogens is 3. The third-order valence-corrected chi connectivity index (χ3v) is 6.07. The van der Waals surface area contributed by atoms with Crippen molar-refractivity contribution in [2.24, 2.45) is 0 Å². The number of amides is 2. The molecule has 2 aliphatic rings. The fourth-order valence-corrected chi connectivity index (χ4v) is 4.52. The van der Waals surface area contributed by atoms with Gasteiger partial charge < -0.3 is 19.8 Å². The van der Waals surface area contributed by atoms with Crippen molar-refractivity contribution in [3.05, 3.63) is 70.8 Å². The van der Waals surface area contributed by atoms with Crippen molar-refractivity contribution in [1.29, 1.82) is 0 Å². The minimum Gasteiger partial charge on any atom is -0.467 e. The number of ether oxygens (including phenoxy) is 1. The first-order valence-electron chi connectivity index (χ1n) is 11.2. The molecule has 10 heteroatoms. The van der Waals surface area contributed by atoms with Gasteiger partial charge in [-0.15, -0.1) is 0 Å². The summed E-state index contributed by atoms with van der Waals surface area (Å²) >= 11 is 0. The molecule has 1 fully saturated rings. The van der Waals surface area contributed by atoms with Gasteiger partial charge in [-0.3, -0.25) is 4.90 Å². The zero-order valence-electron chi connectivity index (χ0n) is 18.7. The largest absolute Gasteiger partial charge is 0.467 e. The Balaban J connectivity index is 1.66. The highest BCUT2D eigenvalue weighted by molar-refractivity contribution is 5.95. The molecular formula is C24H26F3N3O4. The number of carbonyl (C=O) groups excluding carboxylic acids is 2. The van der Waals surface area contributed by atoms with Gasteiger partial charge in [0, 0.05) is 18.3 Å². The first-order valence-corrected chi connectivity index (χ1v) is 11.2. The van der Waals surface area contributed by atoms with Crippen molar-refractivity contribution >= 4 is 12.0 Å². The van der Waals surface area contributed by atoms with E-state index in [1.54, 1.807) is 19.1 Å². The van der Waals surface area contributed by atoms with Crippen molar-refractivity contribution in [3.8, 4) is 0 Å². The molecule has 3 heterocycles. The predicted molar refractivity (Wildman–Crippen MR) is 116 cm³/mol. The Morgan fingerprint density at radius 3 is 2.62 bits per heavy atom. The molecule has 0 radical (unpaired) electrons. The molecule has 1 aromatic carbocycles. The van der Waals surface area contributed by atoms with Crippen molar-refractivity contribution < 1.29 is 31.9 Å². The number of urea groups is 1. The minimum atomic E-state index is -4.40. The van der Waals surface area contributed by atoms with Gasteiger partial charge in [-0.1, -0.05) is 18.6 Å². The molecule has 0 aliphatic carbocycles. The summed E-state index contributed by atoms with van der Waals surface area (Å²) in [4.78, 5) is 27.4. The van der Waals surface area contributed by atoms with E-state index in [2.05, 4.69) is 15.5 Å². The quantitative estimate of drug-likeness (QED) is 0.590. The second-order valence-electron chi connectivity index (χ2n) is 8.26. The number of piperidine rings is 1. The highest BCUT2D eigenvalue weighted by Crippen LogP contribution is 2.36. The Labute approximate surface area is 194 Å². The standard InChI is InChI=1S/C24H26F3N3O4/c1-2-33-22(31)20-17(28-23(32)29-21(20)19-7-5-13-34-19)14-30-12-4-3-6-18(30)15-8-10-16(11-9-15)24(25,26)27/h5,7-11,13,18,21H,2-4,6,12,14H2,1H3,(H2,28,29,32). The summed E-state index contributed by atoms with van der Waals surface area (Å²) in [6, 6.07) is 7.06. The summed E-state index contributed by atoms with van der Waals surface area (Å²) in [5.41, 5.74) is 0.696. The summed E-state index contributed by atoms with van der Waals surface area (Å²) in [6.45, 7) is 2.75. The third-order valence-electron chi connectivity index (χ3n) is 6.07. The van der Waals surface area contributed by atoms with E-state index in [-0.39, 0.29) is 24.8 Å². The smallest absolute Gasteiger partial charge is 0.416 e. The first-order chi connectivity index (χ1) is 16.3. The Kier molecular flexibility index (Phi) is 6.97. The topological polar surface area (TPSA) is 83.8 Å². The van der Waals surface area contributed by atoms with Crippen molar-refractivity contribution in [1.82, 2.24) is 15.5 Å². The molecule has 2 amide bonds. The number of alkyl halides is 3. The van der Waals surface area contributed by atoms with E-state index in [4.69, 9.17) is 9.15 Å². The molecule has 4 rings (SSSR count). The number of benzene rings is 1. The second kappa shape index (κ2) is 9.92. The van der Waals surface area contributed by atoms with Gasteiger partial charge in [-0.25, -0.2) is 9.59 Å². The number of hydrogen-bond acceptors (Lipinski definition) is 5. The number of nitrogens with one attached hydrogen (secondary N) is 2. The molecule has 2 atom stereocenters. The summed E-state index contributed by atoms with van der Waals surface area (Å²) in [5.74, 6) is -0.178. The van der Waals surface area contributed by atoms with Crippen LogP contribution in [0.2, 0.25) is 0 Å². The number of furan rings is 1. The lowest BCUT2D eigenvalue weighted by atomic mass is 9.93. The van der Waals surface area contributed by atoms with Crippen LogP contribution in [0.15, 0.2) is 58.3 Å². The number of esters is 1. The van der Waals surface area contributed by atoms with Crippen molar-refractivity contribution in [2.45, 2.75) is 44.4 Å². The Morgan fingerprint density at radius 1 is 1.21 bits per heavy atom. The highest BCUT2D eigenvalue weighted by atomic mass is 19.4. The van der Waals surface area contributed by atoms with Crippen LogP contribution in [0.25, 0.3) is 0 Å². The molecule has 1 saturated heterocycles. The average Bonchev–Trinajstić information content (AvgIpc) is 3.34. The van der Waals surface area contributed by atoms with Crippen molar-refractivity contribution in [2.75, 3.05) is 19.7 Å². The van der Waals surface area contributed by atoms with Crippen LogP contribution in [0.4, 0.5) is 18.0 Å². The van der Waals surface area contributed by atoms with Gasteiger partial charge in [0.05, 0.1) is 24.0 Å². The second-order valence-corrected chi connectivity index (χ2v) is 8.26. The van der Waals surface area contributed by atoms with E-state index < -0.39 is 29.8 Å². The molecule has 2 unspecified atom stereocenters. The molecule has 2 aromatic rings. The molecule has 0 bridgehead atoms. The van der Waals surface area contributed by atoms with Crippen LogP contribution in [0.1, 0.15) is 55.2 Å². The van der Waals surface area contributed by atoms with E-state index in [0.717, 1.165) is 37.0 Å². The zero-order valence-corrected chi connectivity index (χ0v) is 18.7. The summed E-state index contributed by atoms with van der Waals surface area (Å²) < 4.78 is 49.7. The predicted octanol–water partition coefficient (Wildman–Crippen LogP) is 4.70. The van der Waals surface area contributed by atoms with Crippen LogP contribution >= 0.6 is 0 Å². The Hall–Kier alpha value is -3.27. The van der Waals surface area contributed by atoms with E-state index in [9.17, 15) is 22.8 Å². The molecule has 0 spiro atoms. The molecule has 0 saturated carbocycles. The number of carbonyl (C=O) groups is 2. The summed E-state index contributed by atoms with van der Waals surface area (Å²) in [7, 11) is 0. The monoisotopic (exact) mass is 477 g/mol. The average molecular weight is 477 g/mol. The van der Waals surface area contributed by atoms with Gasteiger partial charge in [0.2, 0.25) is 0 Å². The molecule has 34 heavy (non-hydrogen) atoms. The fourth-order valence-electron chi connectivity index (χ4n) is 4.52. The van der Waals surface area contributed by atoms with Crippen LogP contribution in [-0.2, 0) is 15.7 Å². The van der Waals surface area contributed by atoms with Crippen LogP contribution in [0, 0.1) is 0 Å². The maximum Gasteiger partial charge on any atom is 0.416 e. The SMILES string of the molecule is CCOC(=O)C1=C(CN2CCCCC2c2ccc(C(F)(F)F)cc2)NC(=O)NC1c1ccco1. The van der Waals surface area contributed by atoms with Crippen LogP contribution < -0.4 is 10.6 Å². The van der Waals surface area contributed by atoms with Crippen LogP contribution in [0.5, 0.6) is 0 Å². The van der Waals surface area contributed by atoms with Gasteiger partial charge in [-0.2, -0.15) is 13.2 Å². The Bertz CT molecular complexity index is 1050. The van der Waals surface area contributed by atoms with Gasteiger partial charge >= 0.3 is 18.2 Å². The summed E-state index contributed by atoms with van der Waals surface area (Å²) in [6.07, 6.45) is -0.370. The highest BCUT2D eigenvalue weighted by Gasteiger charge is 2.37. The molecule has 1 aromatic heterocycles. The number of nitrogens with zero attached hydrogens (tertiary/aromatic N) is 1. The van der Waals surface area contributed by atoms with Crippen LogP contribution in [-0.4, -0.2) is 36.6 Å². The Morgan fingerprint density at radius 2 is 1.97 bits per heavy atom. The maximum atomic E-state index is 13.0. The fraction of sp³-hybridized carbons (Fsp3) is 0.417. The zero-order chi connectivity index (χ0) is 24.3. The molecule has 182 valence electrons. The van der Waals surface area contributed by atoms with E-state index in [0.29, 0.717) is 18.0 Å². The van der Waals surface area contributed by atoms with Crippen molar-refractivity contribution in [3.63, 3.8) is 0 Å². The van der Waals surface area contributed by atoms with Gasteiger partial charge in [0.25, 0.3) is 0 Å². The van der Waals surface area contributed by atoms with E-state index in [1.807, 2.05) is 0 Å². The lowest BCUT2D eigenvalue weighted by Crippen LogP contribution is -2.49. The van der Waals surface area contributed by atoms with Gasteiger partial charge in [0.1, 0.15) is 11.8 Å². The van der Waals surface area contributed by atoms with Gasteiger partial charge in [-0.05, 0) is 56.1 Å².